The minimum absolute atomic E-state index is 0. The molecule has 0 aliphatic carbocycles. The molecule has 6 nitrogen and oxygen atoms in total. The van der Waals surface area contributed by atoms with Crippen LogP contribution in [0.2, 0.25) is 0 Å². The van der Waals surface area contributed by atoms with Gasteiger partial charge in [0.1, 0.15) is 11.9 Å². The van der Waals surface area contributed by atoms with Crippen molar-refractivity contribution in [3.8, 4) is 0 Å². The third-order valence-electron chi connectivity index (χ3n) is 1.89. The van der Waals surface area contributed by atoms with Gasteiger partial charge in [0, 0.05) is 5.75 Å². The van der Waals surface area contributed by atoms with Gasteiger partial charge in [-0.05, 0) is 6.42 Å². The zero-order chi connectivity index (χ0) is 12.8. The van der Waals surface area contributed by atoms with Crippen LogP contribution in [0.4, 0.5) is 0 Å². The Balaban J connectivity index is 0. The van der Waals surface area contributed by atoms with Crippen LogP contribution < -0.4 is 18.1 Å². The van der Waals surface area contributed by atoms with E-state index in [4.69, 9.17) is 15.9 Å². The number of nitrogens with two attached hydrogens (primary N) is 1. The topological polar surface area (TPSA) is 101 Å². The first-order valence-corrected chi connectivity index (χ1v) is 6.00. The van der Waals surface area contributed by atoms with E-state index in [0.717, 1.165) is 0 Å². The highest BCUT2D eigenvalue weighted by atomic mass is 35.5. The minimum atomic E-state index is -1.00. The van der Waals surface area contributed by atoms with Gasteiger partial charge < -0.3 is 32.8 Å². The summed E-state index contributed by atoms with van der Waals surface area (Å²) in [6.07, 6.45) is 0.396. The highest BCUT2D eigenvalue weighted by Gasteiger charge is 2.19. The van der Waals surface area contributed by atoms with Crippen LogP contribution in [0, 0.1) is 0 Å². The van der Waals surface area contributed by atoms with E-state index >= 15 is 0 Å². The minimum Gasteiger partial charge on any atom is -1.00 e. The average Bonchev–Trinajstić information content (AvgIpc) is 2.09. The summed E-state index contributed by atoms with van der Waals surface area (Å²) in [6, 6.07) is -0.831. The molecule has 8 heteroatoms. The number of thioether (sulfide) groups is 1. The largest absolute Gasteiger partial charge is 1.00 e. The highest BCUT2D eigenvalue weighted by Crippen LogP contribution is 2.10. The van der Waals surface area contributed by atoms with Gasteiger partial charge in [-0.15, -0.1) is 11.8 Å². The van der Waals surface area contributed by atoms with Gasteiger partial charge >= 0.3 is 11.9 Å². The molecule has 0 spiro atoms. The summed E-state index contributed by atoms with van der Waals surface area (Å²) in [7, 11) is 3.64. The molecule has 0 aromatic rings. The first-order valence-electron chi connectivity index (χ1n) is 4.84. The van der Waals surface area contributed by atoms with Crippen molar-refractivity contribution in [3.63, 3.8) is 0 Å². The van der Waals surface area contributed by atoms with Crippen LogP contribution in [-0.4, -0.2) is 64.9 Å². The van der Waals surface area contributed by atoms with Crippen molar-refractivity contribution < 1.29 is 36.7 Å². The van der Waals surface area contributed by atoms with Crippen LogP contribution in [0.1, 0.15) is 6.42 Å². The summed E-state index contributed by atoms with van der Waals surface area (Å²) in [5.41, 5.74) is 5.33. The molecule has 102 valence electrons. The van der Waals surface area contributed by atoms with Crippen LogP contribution in [0.5, 0.6) is 0 Å². The van der Waals surface area contributed by atoms with Gasteiger partial charge in [-0.1, -0.05) is 0 Å². The Kier molecular flexibility index (Phi) is 9.51. The van der Waals surface area contributed by atoms with Gasteiger partial charge in [0.05, 0.1) is 14.1 Å². The maximum Gasteiger partial charge on any atom is 0.359 e. The lowest BCUT2D eigenvalue weighted by Crippen LogP contribution is -3.00. The lowest BCUT2D eigenvalue weighted by atomic mass is 10.2. The predicted octanol–water partition coefficient (Wildman–Crippen LogP) is -3.36. The molecule has 0 rings (SSSR count). The molecule has 0 aliphatic heterocycles. The molecule has 0 heterocycles. The zero-order valence-electron chi connectivity index (χ0n) is 9.93. The van der Waals surface area contributed by atoms with Gasteiger partial charge in [-0.25, -0.2) is 4.79 Å². The number of carboxylic acid groups (broad SMARTS) is 2. The van der Waals surface area contributed by atoms with Crippen LogP contribution >= 0.6 is 11.8 Å². The molecular weight excluding hydrogens is 268 g/mol. The van der Waals surface area contributed by atoms with E-state index in [2.05, 4.69) is 0 Å². The zero-order valence-corrected chi connectivity index (χ0v) is 11.5. The third-order valence-corrected chi connectivity index (χ3v) is 3.30. The molecular formula is C9H19ClN2O4S. The fourth-order valence-electron chi connectivity index (χ4n) is 1.06. The predicted molar refractivity (Wildman–Crippen MR) is 62.2 cm³/mol. The van der Waals surface area contributed by atoms with Gasteiger partial charge in [-0.3, -0.25) is 4.79 Å². The number of carbonyl (C=O) groups is 2. The molecule has 0 saturated carbocycles. The quantitative estimate of drug-likeness (QED) is 0.245. The second kappa shape index (κ2) is 8.57. The van der Waals surface area contributed by atoms with Gasteiger partial charge in [-0.2, -0.15) is 0 Å². The Morgan fingerprint density at radius 3 is 2.29 bits per heavy atom. The van der Waals surface area contributed by atoms with Crippen LogP contribution in [-0.2, 0) is 9.59 Å². The molecule has 0 saturated heterocycles. The Morgan fingerprint density at radius 2 is 1.88 bits per heavy atom. The number of quaternary nitrogens is 1. The molecule has 0 amide bonds. The van der Waals surface area contributed by atoms with Crippen LogP contribution in [0.15, 0.2) is 0 Å². The molecule has 4 N–H and O–H groups in total. The van der Waals surface area contributed by atoms with E-state index < -0.39 is 18.0 Å². The summed E-state index contributed by atoms with van der Waals surface area (Å²) in [5.74, 6) is -0.597. The summed E-state index contributed by atoms with van der Waals surface area (Å²) in [4.78, 5) is 20.9. The number of aliphatic carboxylic acids is 2. The Hall–Kier alpha value is -0.500. The van der Waals surface area contributed by atoms with Gasteiger partial charge in [0.2, 0.25) is 0 Å². The summed E-state index contributed by atoms with van der Waals surface area (Å²) >= 11 is 1.51. The first kappa shape index (κ1) is 18.9. The molecule has 1 atom stereocenters. The first-order chi connectivity index (χ1) is 7.24. The maximum absolute atomic E-state index is 10.5. The molecule has 17 heavy (non-hydrogen) atoms. The van der Waals surface area contributed by atoms with E-state index in [9.17, 15) is 9.59 Å². The molecule has 1 unspecified atom stereocenters. The number of likely N-dealkylation sites (N-methyl/N-ethyl adjacent to an activating group) is 1. The second-order valence-corrected chi connectivity index (χ2v) is 5.33. The smallest absolute Gasteiger partial charge is 0.359 e. The Bertz CT molecular complexity index is 263. The van der Waals surface area contributed by atoms with E-state index in [-0.39, 0.29) is 19.0 Å². The highest BCUT2D eigenvalue weighted by molar-refractivity contribution is 7.99. The van der Waals surface area contributed by atoms with Crippen molar-refractivity contribution >= 4 is 23.7 Å². The number of hydrogen-bond donors (Lipinski definition) is 3. The second-order valence-electron chi connectivity index (χ2n) is 4.26. The van der Waals surface area contributed by atoms with Crippen LogP contribution in [0.3, 0.4) is 0 Å². The van der Waals surface area contributed by atoms with Gasteiger partial charge in [0.25, 0.3) is 0 Å². The number of halogens is 1. The molecule has 0 aromatic carbocycles. The standard InChI is InChI=1S/C9H18N2O4S.ClH/c1-11(2,5-8(12)13)6-16-4-3-7(10)9(14)15;/h7H,3-6,10H2,1-2H3,(H-,12,13,14,15);1H. The monoisotopic (exact) mass is 286 g/mol. The summed E-state index contributed by atoms with van der Waals surface area (Å²) in [5, 5.41) is 17.2. The molecule has 0 bridgehead atoms. The Morgan fingerprint density at radius 1 is 1.35 bits per heavy atom. The SMILES string of the molecule is C[N+](C)(CSCCC(N)C(=O)O)CC(=O)O.[Cl-]. The number of nitrogens with zero attached hydrogens (tertiary/aromatic N) is 1. The summed E-state index contributed by atoms with van der Waals surface area (Å²) in [6.45, 7) is 0.0536. The normalized spacial score (nSPS) is 12.6. The van der Waals surface area contributed by atoms with E-state index in [1.165, 1.54) is 11.8 Å². The van der Waals surface area contributed by atoms with E-state index in [0.29, 0.717) is 22.5 Å². The molecule has 0 fully saturated rings. The number of hydrogen-bond acceptors (Lipinski definition) is 4. The number of rotatable bonds is 8. The molecule has 0 aromatic heterocycles. The maximum atomic E-state index is 10.5. The van der Waals surface area contributed by atoms with Crippen LogP contribution in [0.25, 0.3) is 0 Å². The fraction of sp³-hybridized carbons (Fsp3) is 0.778. The van der Waals surface area contributed by atoms with E-state index in [1.54, 1.807) is 0 Å². The number of carboxylic acids is 2. The van der Waals surface area contributed by atoms with Crippen molar-refractivity contribution in [1.82, 2.24) is 0 Å². The Labute approximate surface area is 111 Å². The van der Waals surface area contributed by atoms with Gasteiger partial charge in [0.15, 0.2) is 6.54 Å². The van der Waals surface area contributed by atoms with Crippen molar-refractivity contribution in [2.24, 2.45) is 5.73 Å². The molecule has 0 aliphatic rings. The lowest BCUT2D eigenvalue weighted by molar-refractivity contribution is -0.870. The van der Waals surface area contributed by atoms with Crippen molar-refractivity contribution in [2.45, 2.75) is 12.5 Å². The van der Waals surface area contributed by atoms with Crippen molar-refractivity contribution in [1.29, 1.82) is 0 Å². The lowest BCUT2D eigenvalue weighted by Gasteiger charge is -2.27. The third kappa shape index (κ3) is 10.4. The summed E-state index contributed by atoms with van der Waals surface area (Å²) < 4.78 is 0.363. The molecule has 0 radical (unpaired) electrons. The van der Waals surface area contributed by atoms with Crippen molar-refractivity contribution in [2.75, 3.05) is 32.3 Å². The fourth-order valence-corrected chi connectivity index (χ4v) is 2.19. The van der Waals surface area contributed by atoms with Crippen molar-refractivity contribution in [3.05, 3.63) is 0 Å². The average molecular weight is 287 g/mol. The van der Waals surface area contributed by atoms with E-state index in [1.807, 2.05) is 14.1 Å².